The van der Waals surface area contributed by atoms with Crippen molar-refractivity contribution in [3.05, 3.63) is 66.1 Å². The molecule has 0 spiro atoms. The SMILES string of the molecule is CCNC(=NCc1nnc2ccccn12)NCC(c1ccccc1)N1CCCC1.I. The summed E-state index contributed by atoms with van der Waals surface area (Å²) in [6, 6.07) is 17.0. The van der Waals surface area contributed by atoms with Gasteiger partial charge in [0.25, 0.3) is 0 Å². The second-order valence-electron chi connectivity index (χ2n) is 7.29. The molecule has 0 aliphatic carbocycles. The van der Waals surface area contributed by atoms with Crippen LogP contribution in [0.2, 0.25) is 0 Å². The molecule has 1 aliphatic heterocycles. The molecule has 2 N–H and O–H groups in total. The monoisotopic (exact) mass is 519 g/mol. The summed E-state index contributed by atoms with van der Waals surface area (Å²) >= 11 is 0. The van der Waals surface area contributed by atoms with E-state index in [9.17, 15) is 0 Å². The van der Waals surface area contributed by atoms with Crippen molar-refractivity contribution < 1.29 is 0 Å². The highest BCUT2D eigenvalue weighted by molar-refractivity contribution is 14.0. The van der Waals surface area contributed by atoms with Gasteiger partial charge in [0.2, 0.25) is 0 Å². The first-order chi connectivity index (χ1) is 14.3. The molecule has 0 saturated carbocycles. The second kappa shape index (κ2) is 11.3. The average molecular weight is 519 g/mol. The van der Waals surface area contributed by atoms with Gasteiger partial charge in [-0.05, 0) is 50.6 Å². The molecule has 4 rings (SSSR count). The fourth-order valence-corrected chi connectivity index (χ4v) is 3.87. The Hall–Kier alpha value is -2.20. The number of rotatable bonds is 7. The molecule has 1 aromatic carbocycles. The molecule has 0 bridgehead atoms. The van der Waals surface area contributed by atoms with Crippen LogP contribution in [0.25, 0.3) is 5.65 Å². The topological polar surface area (TPSA) is 69.8 Å². The molecule has 1 saturated heterocycles. The summed E-state index contributed by atoms with van der Waals surface area (Å²) < 4.78 is 1.98. The number of halogens is 1. The van der Waals surface area contributed by atoms with Gasteiger partial charge in [-0.3, -0.25) is 9.30 Å². The number of pyridine rings is 1. The van der Waals surface area contributed by atoms with E-state index in [2.05, 4.69) is 63.0 Å². The summed E-state index contributed by atoms with van der Waals surface area (Å²) in [4.78, 5) is 7.32. The van der Waals surface area contributed by atoms with Crippen molar-refractivity contribution in [3.63, 3.8) is 0 Å². The van der Waals surface area contributed by atoms with Crippen LogP contribution >= 0.6 is 24.0 Å². The van der Waals surface area contributed by atoms with E-state index >= 15 is 0 Å². The average Bonchev–Trinajstić information content (AvgIpc) is 3.43. The Bertz CT molecular complexity index is 935. The Labute approximate surface area is 195 Å². The standard InChI is InChI=1S/C22H29N7.HI/c1-2-23-22(25-17-21-27-26-20-12-6-7-15-29(20)21)24-16-19(28-13-8-9-14-28)18-10-4-3-5-11-18;/h3-7,10-12,15,19H,2,8-9,13-14,16-17H2,1H3,(H2,23,24,25);1H. The molecule has 30 heavy (non-hydrogen) atoms. The molecule has 0 radical (unpaired) electrons. The molecule has 3 heterocycles. The normalized spacial score (nSPS) is 15.7. The maximum atomic E-state index is 4.75. The lowest BCUT2D eigenvalue weighted by molar-refractivity contribution is 0.245. The first-order valence-electron chi connectivity index (χ1n) is 10.4. The summed E-state index contributed by atoms with van der Waals surface area (Å²) in [6.45, 7) is 6.49. The predicted octanol–water partition coefficient (Wildman–Crippen LogP) is 3.24. The quantitative estimate of drug-likeness (QED) is 0.285. The molecule has 1 atom stereocenters. The summed E-state index contributed by atoms with van der Waals surface area (Å²) in [6.07, 6.45) is 4.52. The Kier molecular flexibility index (Phi) is 8.44. The minimum Gasteiger partial charge on any atom is -0.357 e. The van der Waals surface area contributed by atoms with Crippen molar-refractivity contribution in [3.8, 4) is 0 Å². The number of hydrogen-bond acceptors (Lipinski definition) is 4. The Morgan fingerprint density at radius 3 is 2.57 bits per heavy atom. The van der Waals surface area contributed by atoms with E-state index in [0.29, 0.717) is 12.6 Å². The summed E-state index contributed by atoms with van der Waals surface area (Å²) in [5, 5.41) is 15.4. The van der Waals surface area contributed by atoms with Crippen LogP contribution in [0, 0.1) is 0 Å². The minimum absolute atomic E-state index is 0. The van der Waals surface area contributed by atoms with Crippen LogP contribution in [0.4, 0.5) is 0 Å². The van der Waals surface area contributed by atoms with Gasteiger partial charge in [0.15, 0.2) is 17.4 Å². The number of likely N-dealkylation sites (tertiary alicyclic amines) is 1. The molecular formula is C22H30IN7. The Morgan fingerprint density at radius 2 is 1.80 bits per heavy atom. The lowest BCUT2D eigenvalue weighted by Crippen LogP contribution is -2.42. The lowest BCUT2D eigenvalue weighted by atomic mass is 10.1. The summed E-state index contributed by atoms with van der Waals surface area (Å²) in [7, 11) is 0. The predicted molar refractivity (Wildman–Crippen MR) is 131 cm³/mol. The van der Waals surface area contributed by atoms with Crippen molar-refractivity contribution in [2.75, 3.05) is 26.2 Å². The van der Waals surface area contributed by atoms with Gasteiger partial charge in [-0.1, -0.05) is 36.4 Å². The third-order valence-corrected chi connectivity index (χ3v) is 5.34. The van der Waals surface area contributed by atoms with Gasteiger partial charge in [0, 0.05) is 19.3 Å². The molecule has 7 nitrogen and oxygen atoms in total. The van der Waals surface area contributed by atoms with Crippen LogP contribution in [0.1, 0.15) is 37.2 Å². The fourth-order valence-electron chi connectivity index (χ4n) is 3.87. The number of benzene rings is 1. The molecule has 3 aromatic rings. The molecule has 0 amide bonds. The molecule has 1 aliphatic rings. The second-order valence-corrected chi connectivity index (χ2v) is 7.29. The number of nitrogens with one attached hydrogen (secondary N) is 2. The molecule has 2 aromatic heterocycles. The van der Waals surface area contributed by atoms with Gasteiger partial charge in [-0.25, -0.2) is 4.99 Å². The molecular weight excluding hydrogens is 489 g/mol. The third-order valence-electron chi connectivity index (χ3n) is 5.34. The Balaban J connectivity index is 0.00000256. The Morgan fingerprint density at radius 1 is 1.03 bits per heavy atom. The van der Waals surface area contributed by atoms with Gasteiger partial charge >= 0.3 is 0 Å². The zero-order valence-corrected chi connectivity index (χ0v) is 19.7. The van der Waals surface area contributed by atoms with Crippen LogP contribution in [-0.4, -0.2) is 51.6 Å². The zero-order valence-electron chi connectivity index (χ0n) is 17.4. The molecule has 160 valence electrons. The van der Waals surface area contributed by atoms with Gasteiger partial charge in [0.05, 0.1) is 6.04 Å². The van der Waals surface area contributed by atoms with Crippen LogP contribution in [-0.2, 0) is 6.54 Å². The summed E-state index contributed by atoms with van der Waals surface area (Å²) in [5.41, 5.74) is 2.19. The number of aliphatic imine (C=N–C) groups is 1. The van der Waals surface area contributed by atoms with Crippen molar-refractivity contribution in [2.45, 2.75) is 32.4 Å². The number of fused-ring (bicyclic) bond motifs is 1. The zero-order chi connectivity index (χ0) is 19.9. The maximum absolute atomic E-state index is 4.75. The van der Waals surface area contributed by atoms with Crippen molar-refractivity contribution in [1.29, 1.82) is 0 Å². The van der Waals surface area contributed by atoms with Crippen molar-refractivity contribution in [1.82, 2.24) is 30.1 Å². The van der Waals surface area contributed by atoms with Gasteiger partial charge in [-0.2, -0.15) is 0 Å². The number of hydrogen-bond donors (Lipinski definition) is 2. The van der Waals surface area contributed by atoms with Crippen LogP contribution in [0.5, 0.6) is 0 Å². The summed E-state index contributed by atoms with van der Waals surface area (Å²) in [5.74, 6) is 1.64. The highest BCUT2D eigenvalue weighted by atomic mass is 127. The van der Waals surface area contributed by atoms with E-state index in [-0.39, 0.29) is 24.0 Å². The largest absolute Gasteiger partial charge is 0.357 e. The lowest BCUT2D eigenvalue weighted by Gasteiger charge is -2.29. The first kappa shape index (κ1) is 22.5. The van der Waals surface area contributed by atoms with Crippen LogP contribution in [0.15, 0.2) is 59.7 Å². The molecule has 8 heteroatoms. The van der Waals surface area contributed by atoms with E-state index in [4.69, 9.17) is 4.99 Å². The van der Waals surface area contributed by atoms with E-state index in [1.807, 2.05) is 28.8 Å². The highest BCUT2D eigenvalue weighted by Gasteiger charge is 2.23. The smallest absolute Gasteiger partial charge is 0.191 e. The maximum Gasteiger partial charge on any atom is 0.191 e. The van der Waals surface area contributed by atoms with E-state index < -0.39 is 0 Å². The van der Waals surface area contributed by atoms with E-state index in [0.717, 1.165) is 43.6 Å². The molecule has 1 fully saturated rings. The molecule has 1 unspecified atom stereocenters. The van der Waals surface area contributed by atoms with E-state index in [1.165, 1.54) is 18.4 Å². The van der Waals surface area contributed by atoms with Crippen LogP contribution < -0.4 is 10.6 Å². The number of guanidine groups is 1. The minimum atomic E-state index is 0. The van der Waals surface area contributed by atoms with Crippen molar-refractivity contribution in [2.24, 2.45) is 4.99 Å². The van der Waals surface area contributed by atoms with Crippen LogP contribution in [0.3, 0.4) is 0 Å². The fraction of sp³-hybridized carbons (Fsp3) is 0.409. The number of aromatic nitrogens is 3. The van der Waals surface area contributed by atoms with Gasteiger partial charge in [0.1, 0.15) is 6.54 Å². The van der Waals surface area contributed by atoms with Crippen molar-refractivity contribution >= 4 is 35.6 Å². The van der Waals surface area contributed by atoms with Gasteiger partial charge in [-0.15, -0.1) is 34.2 Å². The van der Waals surface area contributed by atoms with E-state index in [1.54, 1.807) is 0 Å². The van der Waals surface area contributed by atoms with Gasteiger partial charge < -0.3 is 10.6 Å². The highest BCUT2D eigenvalue weighted by Crippen LogP contribution is 2.24. The first-order valence-corrected chi connectivity index (χ1v) is 10.4. The number of nitrogens with zero attached hydrogens (tertiary/aromatic N) is 5. The third kappa shape index (κ3) is 5.48.